The van der Waals surface area contributed by atoms with E-state index in [9.17, 15) is 9.59 Å². The second-order valence-corrected chi connectivity index (χ2v) is 10.2. The van der Waals surface area contributed by atoms with Crippen LogP contribution in [-0.2, 0) is 16.1 Å². The Labute approximate surface area is 205 Å². The van der Waals surface area contributed by atoms with E-state index >= 15 is 0 Å². The molecule has 4 rings (SSSR count). The van der Waals surface area contributed by atoms with Crippen LogP contribution in [-0.4, -0.2) is 66.4 Å². The minimum Gasteiger partial charge on any atom is -0.454 e. The van der Waals surface area contributed by atoms with Crippen LogP contribution in [0.2, 0.25) is 0 Å². The Morgan fingerprint density at radius 2 is 1.71 bits per heavy atom. The van der Waals surface area contributed by atoms with Crippen molar-refractivity contribution in [1.29, 1.82) is 0 Å². The first-order valence-electron chi connectivity index (χ1n) is 11.8. The molecule has 1 fully saturated rings. The van der Waals surface area contributed by atoms with Crippen LogP contribution in [0, 0.1) is 0 Å². The molecule has 2 heterocycles. The SMILES string of the molecule is CC(=O)NC(CSc1ccc(C(C)C)cc1)C(=O)N1CCN(Cc2ccc3c(c2)OCO3)CC1. The number of nitrogens with one attached hydrogen (secondary N) is 1. The van der Waals surface area contributed by atoms with Gasteiger partial charge in [-0.3, -0.25) is 14.5 Å². The first-order chi connectivity index (χ1) is 16.4. The van der Waals surface area contributed by atoms with Gasteiger partial charge in [-0.05, 0) is 41.3 Å². The molecular formula is C26H33N3O4S. The van der Waals surface area contributed by atoms with E-state index in [-0.39, 0.29) is 18.6 Å². The van der Waals surface area contributed by atoms with Crippen molar-refractivity contribution in [3.05, 3.63) is 53.6 Å². The molecule has 1 saturated heterocycles. The summed E-state index contributed by atoms with van der Waals surface area (Å²) in [7, 11) is 0. The van der Waals surface area contributed by atoms with Crippen LogP contribution in [0.3, 0.4) is 0 Å². The Hall–Kier alpha value is -2.71. The molecule has 2 aromatic rings. The predicted molar refractivity (Wildman–Crippen MR) is 133 cm³/mol. The summed E-state index contributed by atoms with van der Waals surface area (Å²) in [5.74, 6) is 2.38. The van der Waals surface area contributed by atoms with Crippen molar-refractivity contribution < 1.29 is 19.1 Å². The van der Waals surface area contributed by atoms with Gasteiger partial charge in [0.25, 0.3) is 0 Å². The number of carbonyl (C=O) groups is 2. The molecule has 0 saturated carbocycles. The van der Waals surface area contributed by atoms with Gasteiger partial charge in [0.2, 0.25) is 18.6 Å². The largest absolute Gasteiger partial charge is 0.454 e. The molecule has 8 heteroatoms. The zero-order chi connectivity index (χ0) is 24.1. The van der Waals surface area contributed by atoms with Crippen molar-refractivity contribution in [3.8, 4) is 11.5 Å². The lowest BCUT2D eigenvalue weighted by Crippen LogP contribution is -2.55. The van der Waals surface area contributed by atoms with Crippen molar-refractivity contribution in [1.82, 2.24) is 15.1 Å². The Bertz CT molecular complexity index is 1000. The maximum Gasteiger partial charge on any atom is 0.246 e. The number of hydrogen-bond donors (Lipinski definition) is 1. The van der Waals surface area contributed by atoms with Gasteiger partial charge in [-0.2, -0.15) is 0 Å². The van der Waals surface area contributed by atoms with E-state index in [0.717, 1.165) is 36.0 Å². The predicted octanol–water partition coefficient (Wildman–Crippen LogP) is 3.48. The smallest absolute Gasteiger partial charge is 0.246 e. The molecule has 0 radical (unpaired) electrons. The molecule has 2 aliphatic heterocycles. The number of thioether (sulfide) groups is 1. The van der Waals surface area contributed by atoms with Crippen molar-refractivity contribution >= 4 is 23.6 Å². The monoisotopic (exact) mass is 483 g/mol. The number of piperazine rings is 1. The fourth-order valence-electron chi connectivity index (χ4n) is 4.19. The molecule has 182 valence electrons. The van der Waals surface area contributed by atoms with Gasteiger partial charge >= 0.3 is 0 Å². The van der Waals surface area contributed by atoms with E-state index < -0.39 is 6.04 Å². The topological polar surface area (TPSA) is 71.1 Å². The highest BCUT2D eigenvalue weighted by molar-refractivity contribution is 7.99. The van der Waals surface area contributed by atoms with Crippen LogP contribution in [0.4, 0.5) is 0 Å². The Morgan fingerprint density at radius 1 is 1.00 bits per heavy atom. The van der Waals surface area contributed by atoms with Gasteiger partial charge in [0.15, 0.2) is 11.5 Å². The molecule has 7 nitrogen and oxygen atoms in total. The quantitative estimate of drug-likeness (QED) is 0.580. The van der Waals surface area contributed by atoms with Crippen molar-refractivity contribution in [2.45, 2.75) is 44.2 Å². The lowest BCUT2D eigenvalue weighted by Gasteiger charge is -2.36. The third kappa shape index (κ3) is 6.24. The lowest BCUT2D eigenvalue weighted by molar-refractivity contribution is -0.137. The summed E-state index contributed by atoms with van der Waals surface area (Å²) in [6.07, 6.45) is 0. The molecule has 1 atom stereocenters. The molecule has 0 spiro atoms. The number of benzene rings is 2. The maximum absolute atomic E-state index is 13.2. The summed E-state index contributed by atoms with van der Waals surface area (Å²) in [4.78, 5) is 30.3. The third-order valence-electron chi connectivity index (χ3n) is 6.17. The molecule has 0 aromatic heterocycles. The number of rotatable bonds is 8. The third-order valence-corrected chi connectivity index (χ3v) is 7.27. The minimum absolute atomic E-state index is 0.00997. The fourth-order valence-corrected chi connectivity index (χ4v) is 5.11. The molecule has 34 heavy (non-hydrogen) atoms. The molecule has 1 unspecified atom stereocenters. The number of amides is 2. The standard InChI is InChI=1S/C26H33N3O4S/c1-18(2)21-5-7-22(8-6-21)34-16-23(27-19(3)30)26(31)29-12-10-28(11-13-29)15-20-4-9-24-25(14-20)33-17-32-24/h4-9,14,18,23H,10-13,15-17H2,1-3H3,(H,27,30). The Morgan fingerprint density at radius 3 is 2.38 bits per heavy atom. The van der Waals surface area contributed by atoms with Crippen LogP contribution in [0.25, 0.3) is 0 Å². The zero-order valence-electron chi connectivity index (χ0n) is 20.1. The average molecular weight is 484 g/mol. The second kappa shape index (κ2) is 11.1. The van der Waals surface area contributed by atoms with Gasteiger partial charge in [0, 0.05) is 50.3 Å². The van der Waals surface area contributed by atoms with E-state index in [4.69, 9.17) is 9.47 Å². The normalized spacial score (nSPS) is 16.5. The number of carbonyl (C=O) groups excluding carboxylic acids is 2. The first-order valence-corrected chi connectivity index (χ1v) is 12.8. The zero-order valence-corrected chi connectivity index (χ0v) is 20.9. The molecule has 2 amide bonds. The second-order valence-electron chi connectivity index (χ2n) is 9.08. The molecule has 2 aliphatic rings. The number of hydrogen-bond acceptors (Lipinski definition) is 6. The summed E-state index contributed by atoms with van der Waals surface area (Å²) in [6, 6.07) is 13.9. The Kier molecular flexibility index (Phi) is 8.00. The summed E-state index contributed by atoms with van der Waals surface area (Å²) >= 11 is 1.60. The van der Waals surface area contributed by atoms with Gasteiger partial charge < -0.3 is 19.7 Å². The molecule has 0 bridgehead atoms. The number of ether oxygens (including phenoxy) is 2. The van der Waals surface area contributed by atoms with Gasteiger partial charge in [-0.15, -0.1) is 11.8 Å². The van der Waals surface area contributed by atoms with Gasteiger partial charge in [-0.25, -0.2) is 0 Å². The number of fused-ring (bicyclic) bond motifs is 1. The fraction of sp³-hybridized carbons (Fsp3) is 0.462. The first kappa shape index (κ1) is 24.4. The van der Waals surface area contributed by atoms with Crippen molar-refractivity contribution in [2.75, 3.05) is 38.7 Å². The van der Waals surface area contributed by atoms with Crippen LogP contribution in [0.5, 0.6) is 11.5 Å². The molecule has 2 aromatic carbocycles. The van der Waals surface area contributed by atoms with Crippen molar-refractivity contribution in [2.24, 2.45) is 0 Å². The van der Waals surface area contributed by atoms with E-state index in [1.807, 2.05) is 17.0 Å². The van der Waals surface area contributed by atoms with E-state index in [2.05, 4.69) is 54.4 Å². The molecule has 0 aliphatic carbocycles. The summed E-state index contributed by atoms with van der Waals surface area (Å²) in [6.45, 7) is 9.75. The van der Waals surface area contributed by atoms with Gasteiger partial charge in [0.1, 0.15) is 6.04 Å². The van der Waals surface area contributed by atoms with E-state index in [1.54, 1.807) is 11.8 Å². The number of nitrogens with zero attached hydrogens (tertiary/aromatic N) is 2. The molecular weight excluding hydrogens is 450 g/mol. The van der Waals surface area contributed by atoms with Crippen LogP contribution in [0.15, 0.2) is 47.4 Å². The minimum atomic E-state index is -0.535. The van der Waals surface area contributed by atoms with Crippen LogP contribution in [0.1, 0.15) is 37.8 Å². The summed E-state index contributed by atoms with van der Waals surface area (Å²) < 4.78 is 10.9. The van der Waals surface area contributed by atoms with Gasteiger partial charge in [0.05, 0.1) is 0 Å². The Balaban J connectivity index is 1.30. The summed E-state index contributed by atoms with van der Waals surface area (Å²) in [5.41, 5.74) is 2.46. The van der Waals surface area contributed by atoms with E-state index in [1.165, 1.54) is 18.1 Å². The van der Waals surface area contributed by atoms with Gasteiger partial charge in [-0.1, -0.05) is 32.0 Å². The lowest BCUT2D eigenvalue weighted by atomic mass is 10.0. The van der Waals surface area contributed by atoms with E-state index in [0.29, 0.717) is 24.8 Å². The highest BCUT2D eigenvalue weighted by atomic mass is 32.2. The van der Waals surface area contributed by atoms with Crippen molar-refractivity contribution in [3.63, 3.8) is 0 Å². The van der Waals surface area contributed by atoms with Crippen LogP contribution < -0.4 is 14.8 Å². The highest BCUT2D eigenvalue weighted by Crippen LogP contribution is 2.33. The highest BCUT2D eigenvalue weighted by Gasteiger charge is 2.28. The summed E-state index contributed by atoms with van der Waals surface area (Å²) in [5, 5.41) is 2.86. The van der Waals surface area contributed by atoms with Crippen LogP contribution >= 0.6 is 11.8 Å². The molecule has 1 N–H and O–H groups in total. The average Bonchev–Trinajstić information content (AvgIpc) is 3.30. The maximum atomic E-state index is 13.2.